The highest BCUT2D eigenvalue weighted by atomic mass is 16.2. The van der Waals surface area contributed by atoms with Gasteiger partial charge in [-0.1, -0.05) is 30.3 Å². The molecule has 0 bridgehead atoms. The van der Waals surface area contributed by atoms with E-state index in [1.807, 2.05) is 30.3 Å². The lowest BCUT2D eigenvalue weighted by Crippen LogP contribution is -2.43. The van der Waals surface area contributed by atoms with Gasteiger partial charge in [-0.15, -0.1) is 5.10 Å². The molecule has 2 aliphatic rings. The molecule has 120 valence electrons. The zero-order chi connectivity index (χ0) is 15.6. The van der Waals surface area contributed by atoms with Crippen LogP contribution in [0.3, 0.4) is 0 Å². The van der Waals surface area contributed by atoms with Crippen LogP contribution in [-0.4, -0.2) is 32.2 Å². The SMILES string of the molecule is O=C(NC(C1CC1)C1CC1)[C@@H](Cc1ccccc1)n1cnnn1. The van der Waals surface area contributed by atoms with E-state index in [-0.39, 0.29) is 5.91 Å². The predicted molar refractivity (Wildman–Crippen MR) is 84.4 cm³/mol. The van der Waals surface area contributed by atoms with E-state index in [1.165, 1.54) is 32.0 Å². The summed E-state index contributed by atoms with van der Waals surface area (Å²) in [5.41, 5.74) is 1.11. The molecule has 4 rings (SSSR count). The number of tetrazole rings is 1. The first-order valence-corrected chi connectivity index (χ1v) is 8.38. The van der Waals surface area contributed by atoms with Crippen molar-refractivity contribution >= 4 is 5.91 Å². The Morgan fingerprint density at radius 3 is 2.43 bits per heavy atom. The van der Waals surface area contributed by atoms with Gasteiger partial charge in [0.15, 0.2) is 0 Å². The molecule has 2 saturated carbocycles. The van der Waals surface area contributed by atoms with Crippen LogP contribution in [0, 0.1) is 11.8 Å². The standard InChI is InChI=1S/C17H21N5O/c23-17(19-16(13-6-7-13)14-8-9-14)15(22-11-18-20-21-22)10-12-4-2-1-3-5-12/h1-5,11,13-16H,6-10H2,(H,19,23)/t15-/m1/s1. The first-order chi connectivity index (χ1) is 11.3. The molecule has 1 amide bonds. The van der Waals surface area contributed by atoms with Gasteiger partial charge in [-0.2, -0.15) is 0 Å². The second-order valence-electron chi connectivity index (χ2n) is 6.70. The van der Waals surface area contributed by atoms with Crippen LogP contribution in [-0.2, 0) is 11.2 Å². The molecule has 6 nitrogen and oxygen atoms in total. The molecule has 0 aliphatic heterocycles. The lowest BCUT2D eigenvalue weighted by atomic mass is 10.0. The van der Waals surface area contributed by atoms with Crippen LogP contribution in [0.4, 0.5) is 0 Å². The van der Waals surface area contributed by atoms with E-state index in [4.69, 9.17) is 0 Å². The number of rotatable bonds is 7. The van der Waals surface area contributed by atoms with E-state index in [0.29, 0.717) is 24.3 Å². The summed E-state index contributed by atoms with van der Waals surface area (Å²) in [7, 11) is 0. The van der Waals surface area contributed by atoms with Gasteiger partial charge in [-0.3, -0.25) is 4.79 Å². The normalized spacial score (nSPS) is 18.8. The molecule has 23 heavy (non-hydrogen) atoms. The van der Waals surface area contributed by atoms with Crippen molar-refractivity contribution < 1.29 is 4.79 Å². The maximum Gasteiger partial charge on any atom is 0.245 e. The molecule has 6 heteroatoms. The number of hydrogen-bond acceptors (Lipinski definition) is 4. The van der Waals surface area contributed by atoms with Crippen LogP contribution in [0.25, 0.3) is 0 Å². The van der Waals surface area contributed by atoms with Gasteiger partial charge in [-0.05, 0) is 53.5 Å². The monoisotopic (exact) mass is 311 g/mol. The number of carbonyl (C=O) groups excluding carboxylic acids is 1. The maximum atomic E-state index is 12.9. The van der Waals surface area contributed by atoms with Crippen molar-refractivity contribution in [3.8, 4) is 0 Å². The van der Waals surface area contributed by atoms with Gasteiger partial charge in [0, 0.05) is 12.5 Å². The lowest BCUT2D eigenvalue weighted by molar-refractivity contribution is -0.125. The highest BCUT2D eigenvalue weighted by Gasteiger charge is 2.43. The lowest BCUT2D eigenvalue weighted by Gasteiger charge is -2.22. The summed E-state index contributed by atoms with van der Waals surface area (Å²) < 4.78 is 1.57. The second kappa shape index (κ2) is 6.10. The molecule has 0 radical (unpaired) electrons. The average molecular weight is 311 g/mol. The summed E-state index contributed by atoms with van der Waals surface area (Å²) in [4.78, 5) is 12.9. The fourth-order valence-electron chi connectivity index (χ4n) is 3.25. The van der Waals surface area contributed by atoms with Crippen molar-refractivity contribution in [2.45, 2.75) is 44.2 Å². The number of hydrogen-bond donors (Lipinski definition) is 1. The first-order valence-electron chi connectivity index (χ1n) is 8.38. The Balaban J connectivity index is 1.51. The Bertz CT molecular complexity index is 637. The zero-order valence-electron chi connectivity index (χ0n) is 13.0. The van der Waals surface area contributed by atoms with E-state index in [0.717, 1.165) is 5.56 Å². The van der Waals surface area contributed by atoms with Gasteiger partial charge in [-0.25, -0.2) is 4.68 Å². The molecule has 1 aromatic carbocycles. The molecule has 0 unspecified atom stereocenters. The highest BCUT2D eigenvalue weighted by Crippen LogP contribution is 2.44. The number of aromatic nitrogens is 4. The van der Waals surface area contributed by atoms with Crippen molar-refractivity contribution in [2.24, 2.45) is 11.8 Å². The molecular weight excluding hydrogens is 290 g/mol. The van der Waals surface area contributed by atoms with Gasteiger partial charge in [0.2, 0.25) is 5.91 Å². The zero-order valence-corrected chi connectivity index (χ0v) is 13.0. The summed E-state index contributed by atoms with van der Waals surface area (Å²) in [5, 5.41) is 14.6. The third-order valence-corrected chi connectivity index (χ3v) is 4.83. The Hall–Kier alpha value is -2.24. The third-order valence-electron chi connectivity index (χ3n) is 4.83. The van der Waals surface area contributed by atoms with E-state index in [2.05, 4.69) is 20.8 Å². The Morgan fingerprint density at radius 1 is 1.17 bits per heavy atom. The van der Waals surface area contributed by atoms with Crippen molar-refractivity contribution in [2.75, 3.05) is 0 Å². The minimum absolute atomic E-state index is 0.0324. The van der Waals surface area contributed by atoms with Crippen LogP contribution in [0.5, 0.6) is 0 Å². The Kier molecular flexibility index (Phi) is 3.81. The van der Waals surface area contributed by atoms with Gasteiger partial charge < -0.3 is 5.32 Å². The number of amides is 1. The largest absolute Gasteiger partial charge is 0.351 e. The number of nitrogens with one attached hydrogen (secondary N) is 1. The van der Waals surface area contributed by atoms with Crippen molar-refractivity contribution in [3.05, 3.63) is 42.2 Å². The fourth-order valence-corrected chi connectivity index (χ4v) is 3.25. The van der Waals surface area contributed by atoms with Crippen LogP contribution in [0.1, 0.15) is 37.3 Å². The van der Waals surface area contributed by atoms with E-state index in [1.54, 1.807) is 4.68 Å². The average Bonchev–Trinajstić information content (AvgIpc) is 3.51. The predicted octanol–water partition coefficient (Wildman–Crippen LogP) is 1.76. The van der Waals surface area contributed by atoms with Crippen molar-refractivity contribution in [1.82, 2.24) is 25.5 Å². The summed E-state index contributed by atoms with van der Waals surface area (Å²) in [6.45, 7) is 0. The summed E-state index contributed by atoms with van der Waals surface area (Å²) in [5.74, 6) is 1.39. The van der Waals surface area contributed by atoms with E-state index >= 15 is 0 Å². The summed E-state index contributed by atoms with van der Waals surface area (Å²) >= 11 is 0. The van der Waals surface area contributed by atoms with E-state index < -0.39 is 6.04 Å². The number of nitrogens with zero attached hydrogens (tertiary/aromatic N) is 4. The summed E-state index contributed by atoms with van der Waals surface area (Å²) in [6.07, 6.45) is 7.10. The molecule has 2 aromatic rings. The van der Waals surface area contributed by atoms with Crippen LogP contribution < -0.4 is 5.32 Å². The molecule has 1 atom stereocenters. The molecule has 1 aromatic heterocycles. The van der Waals surface area contributed by atoms with E-state index in [9.17, 15) is 4.79 Å². The quantitative estimate of drug-likeness (QED) is 0.845. The van der Waals surface area contributed by atoms with Gasteiger partial charge in [0.1, 0.15) is 12.4 Å². The smallest absolute Gasteiger partial charge is 0.245 e. The maximum absolute atomic E-state index is 12.9. The van der Waals surface area contributed by atoms with Crippen molar-refractivity contribution in [3.63, 3.8) is 0 Å². The van der Waals surface area contributed by atoms with Gasteiger partial charge in [0.05, 0.1) is 0 Å². The number of carbonyl (C=O) groups is 1. The molecule has 2 aliphatic carbocycles. The number of benzene rings is 1. The van der Waals surface area contributed by atoms with Crippen molar-refractivity contribution in [1.29, 1.82) is 0 Å². The second-order valence-corrected chi connectivity index (χ2v) is 6.70. The van der Waals surface area contributed by atoms with Crippen LogP contribution >= 0.6 is 0 Å². The van der Waals surface area contributed by atoms with Gasteiger partial charge in [0.25, 0.3) is 0 Å². The summed E-state index contributed by atoms with van der Waals surface area (Å²) in [6, 6.07) is 9.96. The minimum atomic E-state index is -0.396. The molecule has 0 spiro atoms. The first kappa shape index (κ1) is 14.4. The third kappa shape index (κ3) is 3.41. The Morgan fingerprint density at radius 2 is 1.87 bits per heavy atom. The topological polar surface area (TPSA) is 72.7 Å². The molecule has 1 N–H and O–H groups in total. The molecule has 1 heterocycles. The molecule has 2 fully saturated rings. The van der Waals surface area contributed by atoms with Gasteiger partial charge >= 0.3 is 0 Å². The highest BCUT2D eigenvalue weighted by molar-refractivity contribution is 5.81. The molecular formula is C17H21N5O. The fraction of sp³-hybridized carbons (Fsp3) is 0.529. The minimum Gasteiger partial charge on any atom is -0.351 e. The molecule has 0 saturated heterocycles. The van der Waals surface area contributed by atoms with Crippen LogP contribution in [0.2, 0.25) is 0 Å². The Labute approximate surface area is 135 Å². The van der Waals surface area contributed by atoms with Crippen LogP contribution in [0.15, 0.2) is 36.7 Å².